The number of hydrogen-bond acceptors (Lipinski definition) is 5. The molecule has 2 heterocycles. The van der Waals surface area contributed by atoms with Crippen LogP contribution in [0.25, 0.3) is 0 Å². The van der Waals surface area contributed by atoms with Crippen LogP contribution in [0.5, 0.6) is 11.5 Å². The minimum absolute atomic E-state index is 0.0310. The van der Waals surface area contributed by atoms with Crippen molar-refractivity contribution in [1.29, 1.82) is 5.26 Å². The van der Waals surface area contributed by atoms with E-state index >= 15 is 0 Å². The van der Waals surface area contributed by atoms with Crippen LogP contribution in [0.2, 0.25) is 0 Å². The van der Waals surface area contributed by atoms with Crippen LogP contribution in [0, 0.1) is 23.7 Å². The normalized spacial score (nSPS) is 13.7. The average Bonchev–Trinajstić information content (AvgIpc) is 3.16. The third kappa shape index (κ3) is 6.11. The molecule has 1 aliphatic rings. The number of carbonyl (C=O) groups excluding carboxylic acids is 2. The fourth-order valence-corrected chi connectivity index (χ4v) is 4.26. The monoisotopic (exact) mass is 530 g/mol. The van der Waals surface area contributed by atoms with Crippen molar-refractivity contribution < 1.29 is 19.1 Å². The summed E-state index contributed by atoms with van der Waals surface area (Å²) in [6.45, 7) is 9.41. The van der Waals surface area contributed by atoms with E-state index in [0.717, 1.165) is 10.0 Å². The molecular formula is C25H31BrN4O4. The topological polar surface area (TPSA) is 107 Å². The number of rotatable bonds is 7. The summed E-state index contributed by atoms with van der Waals surface area (Å²) in [4.78, 5) is 30.4. The van der Waals surface area contributed by atoms with Crippen LogP contribution in [0.3, 0.4) is 0 Å². The fourth-order valence-electron chi connectivity index (χ4n) is 3.80. The van der Waals surface area contributed by atoms with Gasteiger partial charge < -0.3 is 24.7 Å². The van der Waals surface area contributed by atoms with Crippen molar-refractivity contribution in [3.8, 4) is 17.6 Å². The summed E-state index contributed by atoms with van der Waals surface area (Å²) < 4.78 is 12.0. The molecule has 0 saturated heterocycles. The summed E-state index contributed by atoms with van der Waals surface area (Å²) in [5.74, 6) is 1.06. The first-order valence-corrected chi connectivity index (χ1v) is 12.0. The van der Waals surface area contributed by atoms with E-state index in [1.807, 2.05) is 18.2 Å². The highest BCUT2D eigenvalue weighted by Crippen LogP contribution is 2.36. The molecule has 0 saturated carbocycles. The van der Waals surface area contributed by atoms with Crippen molar-refractivity contribution in [2.45, 2.75) is 46.6 Å². The van der Waals surface area contributed by atoms with Crippen LogP contribution >= 0.6 is 15.9 Å². The molecule has 0 fully saturated rings. The molecule has 1 unspecified atom stereocenters. The number of aromatic amines is 1. The number of nitrogens with zero attached hydrogens (tertiary/aromatic N) is 2. The van der Waals surface area contributed by atoms with Gasteiger partial charge in [0.25, 0.3) is 5.91 Å². The number of likely N-dealkylation sites (N-methyl/N-ethyl adjacent to an activating group) is 1. The molecule has 3 rings (SSSR count). The number of nitriles is 1. The quantitative estimate of drug-likeness (QED) is 0.563. The van der Waals surface area contributed by atoms with E-state index in [1.165, 1.54) is 0 Å². The lowest BCUT2D eigenvalue weighted by Gasteiger charge is -2.33. The molecule has 2 aromatic rings. The molecule has 1 atom stereocenters. The van der Waals surface area contributed by atoms with Crippen LogP contribution in [0.1, 0.15) is 54.5 Å². The molecule has 0 spiro atoms. The molecule has 8 nitrogen and oxygen atoms in total. The Kier molecular flexibility index (Phi) is 7.93. The second kappa shape index (κ2) is 10.5. The van der Waals surface area contributed by atoms with Crippen LogP contribution < -0.4 is 14.8 Å². The maximum Gasteiger partial charge on any atom is 0.253 e. The van der Waals surface area contributed by atoms with E-state index in [-0.39, 0.29) is 29.7 Å². The fraction of sp³-hybridized carbons (Fsp3) is 0.480. The van der Waals surface area contributed by atoms with Gasteiger partial charge in [-0.15, -0.1) is 0 Å². The van der Waals surface area contributed by atoms with Gasteiger partial charge >= 0.3 is 0 Å². The van der Waals surface area contributed by atoms with Gasteiger partial charge in [0.1, 0.15) is 25.0 Å². The number of hydrogen-bond donors (Lipinski definition) is 2. The molecule has 1 aromatic carbocycles. The van der Waals surface area contributed by atoms with Gasteiger partial charge in [-0.05, 0) is 42.5 Å². The van der Waals surface area contributed by atoms with E-state index in [2.05, 4.69) is 47.0 Å². The number of aromatic nitrogens is 1. The number of nitrogens with one attached hydrogen (secondary N) is 2. The van der Waals surface area contributed by atoms with E-state index in [0.29, 0.717) is 54.6 Å². The standard InChI is InChI=1S/C25H31BrN4O4/c1-15-18(12-17(14-27)28-15)24(32)29-22(25(2,3)4)6-7-30(5)23(31)11-16-10-20-21(13-19(16)26)34-9-8-33-20/h10,12-13,22,28H,6-9,11H2,1-5H3,(H,29,32). The van der Waals surface area contributed by atoms with E-state index in [1.54, 1.807) is 24.9 Å². The molecule has 2 amide bonds. The van der Waals surface area contributed by atoms with Gasteiger partial charge in [-0.25, -0.2) is 0 Å². The number of amides is 2. The van der Waals surface area contributed by atoms with Crippen molar-refractivity contribution in [2.24, 2.45) is 5.41 Å². The maximum atomic E-state index is 12.9. The Morgan fingerprint density at radius 1 is 1.24 bits per heavy atom. The van der Waals surface area contributed by atoms with Crippen molar-refractivity contribution in [1.82, 2.24) is 15.2 Å². The Balaban J connectivity index is 1.63. The predicted octanol–water partition coefficient (Wildman–Crippen LogP) is 3.96. The average molecular weight is 531 g/mol. The Bertz CT molecular complexity index is 1110. The lowest BCUT2D eigenvalue weighted by Crippen LogP contribution is -2.46. The van der Waals surface area contributed by atoms with Crippen molar-refractivity contribution in [3.63, 3.8) is 0 Å². The van der Waals surface area contributed by atoms with Gasteiger partial charge in [0.2, 0.25) is 5.91 Å². The van der Waals surface area contributed by atoms with Gasteiger partial charge in [-0.1, -0.05) is 36.7 Å². The number of H-pyrrole nitrogens is 1. The van der Waals surface area contributed by atoms with Crippen LogP contribution in [0.4, 0.5) is 0 Å². The summed E-state index contributed by atoms with van der Waals surface area (Å²) in [7, 11) is 1.77. The third-order valence-corrected chi connectivity index (χ3v) is 6.70. The van der Waals surface area contributed by atoms with E-state index < -0.39 is 0 Å². The molecule has 1 aromatic heterocycles. The molecule has 34 heavy (non-hydrogen) atoms. The number of ether oxygens (including phenoxy) is 2. The first-order valence-electron chi connectivity index (χ1n) is 11.2. The smallest absolute Gasteiger partial charge is 0.253 e. The molecule has 1 aliphatic heterocycles. The van der Waals surface area contributed by atoms with Gasteiger partial charge in [-0.3, -0.25) is 9.59 Å². The van der Waals surface area contributed by atoms with Gasteiger partial charge in [0, 0.05) is 29.8 Å². The largest absolute Gasteiger partial charge is 0.486 e. The van der Waals surface area contributed by atoms with Gasteiger partial charge in [0.15, 0.2) is 11.5 Å². The number of halogens is 1. The minimum Gasteiger partial charge on any atom is -0.486 e. The first kappa shape index (κ1) is 25.6. The summed E-state index contributed by atoms with van der Waals surface area (Å²) in [6, 6.07) is 7.09. The lowest BCUT2D eigenvalue weighted by molar-refractivity contribution is -0.129. The highest BCUT2D eigenvalue weighted by molar-refractivity contribution is 9.10. The zero-order valence-corrected chi connectivity index (χ0v) is 21.8. The Morgan fingerprint density at radius 2 is 1.88 bits per heavy atom. The number of benzene rings is 1. The summed E-state index contributed by atoms with van der Waals surface area (Å²) in [6.07, 6.45) is 0.814. The van der Waals surface area contributed by atoms with Crippen LogP contribution in [0.15, 0.2) is 22.7 Å². The van der Waals surface area contributed by atoms with Gasteiger partial charge in [-0.2, -0.15) is 5.26 Å². The third-order valence-electron chi connectivity index (χ3n) is 5.96. The molecule has 0 radical (unpaired) electrons. The zero-order valence-electron chi connectivity index (χ0n) is 20.3. The molecule has 182 valence electrons. The molecule has 9 heteroatoms. The van der Waals surface area contributed by atoms with Crippen LogP contribution in [-0.4, -0.2) is 54.5 Å². The number of fused-ring (bicyclic) bond motifs is 1. The first-order chi connectivity index (χ1) is 16.0. The Hall–Kier alpha value is -2.99. The summed E-state index contributed by atoms with van der Waals surface area (Å²) in [5, 5.41) is 12.2. The van der Waals surface area contributed by atoms with Crippen molar-refractivity contribution >= 4 is 27.7 Å². The zero-order chi connectivity index (χ0) is 25.0. The van der Waals surface area contributed by atoms with E-state index in [9.17, 15) is 9.59 Å². The number of aryl methyl sites for hydroxylation is 1. The SMILES string of the molecule is Cc1[nH]c(C#N)cc1C(=O)NC(CCN(C)C(=O)Cc1cc2c(cc1Br)OCCO2)C(C)(C)C. The molecular weight excluding hydrogens is 500 g/mol. The van der Waals surface area contributed by atoms with Crippen molar-refractivity contribution in [2.75, 3.05) is 26.8 Å². The maximum absolute atomic E-state index is 12.9. The molecule has 0 aliphatic carbocycles. The molecule has 0 bridgehead atoms. The minimum atomic E-state index is -0.232. The Morgan fingerprint density at radius 3 is 2.47 bits per heavy atom. The van der Waals surface area contributed by atoms with Crippen LogP contribution in [-0.2, 0) is 11.2 Å². The Labute approximate surface area is 208 Å². The summed E-state index contributed by atoms with van der Waals surface area (Å²) >= 11 is 3.53. The van der Waals surface area contributed by atoms with Crippen molar-refractivity contribution in [3.05, 3.63) is 45.2 Å². The second-order valence-electron chi connectivity index (χ2n) is 9.59. The number of carbonyl (C=O) groups is 2. The second-order valence-corrected chi connectivity index (χ2v) is 10.4. The summed E-state index contributed by atoms with van der Waals surface area (Å²) in [5.41, 5.74) is 2.07. The highest BCUT2D eigenvalue weighted by atomic mass is 79.9. The highest BCUT2D eigenvalue weighted by Gasteiger charge is 2.28. The predicted molar refractivity (Wildman–Crippen MR) is 132 cm³/mol. The lowest BCUT2D eigenvalue weighted by atomic mass is 9.84. The van der Waals surface area contributed by atoms with E-state index in [4.69, 9.17) is 14.7 Å². The van der Waals surface area contributed by atoms with Gasteiger partial charge in [0.05, 0.1) is 12.0 Å². The molecule has 2 N–H and O–H groups in total.